The minimum absolute atomic E-state index is 0.559. The van der Waals surface area contributed by atoms with E-state index < -0.39 is 0 Å². The van der Waals surface area contributed by atoms with Gasteiger partial charge in [0.25, 0.3) is 0 Å². The van der Waals surface area contributed by atoms with Crippen LogP contribution >= 0.6 is 0 Å². The first-order valence-corrected chi connectivity index (χ1v) is 5.38. The number of carbonyl (C=O) groups excluding carboxylic acids is 1. The molecule has 82 valence electrons. The number of benzene rings is 1. The summed E-state index contributed by atoms with van der Waals surface area (Å²) in [7, 11) is 0. The van der Waals surface area contributed by atoms with Crippen molar-refractivity contribution in [2.45, 2.75) is 20.4 Å². The Balaban J connectivity index is 2.61. The normalized spacial score (nSPS) is 10.7. The van der Waals surface area contributed by atoms with Crippen LogP contribution in [-0.4, -0.2) is 10.6 Å². The maximum atomic E-state index is 10.3. The third-order valence-electron chi connectivity index (χ3n) is 2.50. The number of aromatic nitrogens is 1. The number of nitrogens with zero attached hydrogens (tertiary/aromatic N) is 2. The monoisotopic (exact) mass is 214 g/mol. The summed E-state index contributed by atoms with van der Waals surface area (Å²) in [6.45, 7) is 5.25. The summed E-state index contributed by atoms with van der Waals surface area (Å²) in [5.74, 6) is 0.559. The van der Waals surface area contributed by atoms with Crippen molar-refractivity contribution in [2.75, 3.05) is 0 Å². The number of hydrogen-bond acceptors (Lipinski definition) is 2. The van der Waals surface area contributed by atoms with E-state index in [-0.39, 0.29) is 0 Å². The maximum absolute atomic E-state index is 10.3. The van der Waals surface area contributed by atoms with E-state index in [1.165, 1.54) is 0 Å². The second-order valence-electron chi connectivity index (χ2n) is 4.28. The molecule has 1 aromatic carbocycles. The van der Waals surface area contributed by atoms with Gasteiger partial charge in [-0.3, -0.25) is 0 Å². The van der Waals surface area contributed by atoms with Gasteiger partial charge in [-0.05, 0) is 12.0 Å². The van der Waals surface area contributed by atoms with Gasteiger partial charge in [0.1, 0.15) is 5.69 Å². The van der Waals surface area contributed by atoms with E-state index >= 15 is 0 Å². The highest BCUT2D eigenvalue weighted by Crippen LogP contribution is 2.28. The van der Waals surface area contributed by atoms with Crippen LogP contribution in [0.2, 0.25) is 0 Å². The molecular weight excluding hydrogens is 200 g/mol. The van der Waals surface area contributed by atoms with Crippen LogP contribution in [0.5, 0.6) is 0 Å². The fourth-order valence-electron chi connectivity index (χ4n) is 1.91. The molecule has 3 nitrogen and oxygen atoms in total. The van der Waals surface area contributed by atoms with Gasteiger partial charge in [-0.1, -0.05) is 32.0 Å². The second kappa shape index (κ2) is 4.33. The predicted octanol–water partition coefficient (Wildman–Crippen LogP) is 3.26. The molecular formula is C13H14N2O. The van der Waals surface area contributed by atoms with E-state index in [2.05, 4.69) is 23.4 Å². The lowest BCUT2D eigenvalue weighted by atomic mass is 10.2. The number of rotatable bonds is 3. The van der Waals surface area contributed by atoms with Crippen LogP contribution in [0.4, 0.5) is 5.69 Å². The van der Waals surface area contributed by atoms with Gasteiger partial charge in [-0.15, -0.1) is 0 Å². The van der Waals surface area contributed by atoms with E-state index in [9.17, 15) is 4.79 Å². The Morgan fingerprint density at radius 2 is 2.12 bits per heavy atom. The molecule has 0 bridgehead atoms. The Bertz CT molecular complexity index is 548. The standard InChI is InChI=1S/C13H14N2O/c1-10(2)7-15-8-12(14-9-16)11-5-3-4-6-13(11)15/h3-6,8,10H,7H2,1-2H3. The average molecular weight is 214 g/mol. The number of hydrogen-bond donors (Lipinski definition) is 0. The van der Waals surface area contributed by atoms with Crippen molar-refractivity contribution >= 4 is 22.7 Å². The number of aliphatic imine (C=N–C) groups is 1. The van der Waals surface area contributed by atoms with Gasteiger partial charge in [-0.25, -0.2) is 4.79 Å². The molecule has 0 unspecified atom stereocenters. The predicted molar refractivity (Wildman–Crippen MR) is 64.6 cm³/mol. The van der Waals surface area contributed by atoms with Crippen LogP contribution in [-0.2, 0) is 11.3 Å². The fraction of sp³-hybridized carbons (Fsp3) is 0.308. The lowest BCUT2D eigenvalue weighted by Crippen LogP contribution is -2.02. The van der Waals surface area contributed by atoms with Gasteiger partial charge in [0.15, 0.2) is 0 Å². The van der Waals surface area contributed by atoms with Gasteiger partial charge in [0.2, 0.25) is 6.08 Å². The van der Waals surface area contributed by atoms with Crippen molar-refractivity contribution in [3.63, 3.8) is 0 Å². The first kappa shape index (κ1) is 10.7. The van der Waals surface area contributed by atoms with E-state index in [0.717, 1.165) is 17.4 Å². The van der Waals surface area contributed by atoms with Crippen molar-refractivity contribution in [1.29, 1.82) is 0 Å². The Kier molecular flexibility index (Phi) is 2.88. The van der Waals surface area contributed by atoms with Crippen molar-refractivity contribution in [2.24, 2.45) is 10.9 Å². The Morgan fingerprint density at radius 3 is 2.81 bits per heavy atom. The van der Waals surface area contributed by atoms with Crippen molar-refractivity contribution in [1.82, 2.24) is 4.57 Å². The zero-order valence-electron chi connectivity index (χ0n) is 9.47. The fourth-order valence-corrected chi connectivity index (χ4v) is 1.91. The largest absolute Gasteiger partial charge is 0.345 e. The molecule has 0 radical (unpaired) electrons. The molecule has 0 saturated carbocycles. The molecule has 0 N–H and O–H groups in total. The third-order valence-corrected chi connectivity index (χ3v) is 2.50. The van der Waals surface area contributed by atoms with Gasteiger partial charge < -0.3 is 4.57 Å². The summed E-state index contributed by atoms with van der Waals surface area (Å²) in [5, 5.41) is 1.01. The van der Waals surface area contributed by atoms with Crippen molar-refractivity contribution < 1.29 is 4.79 Å². The molecule has 1 heterocycles. The molecule has 0 amide bonds. The minimum atomic E-state index is 0.559. The summed E-state index contributed by atoms with van der Waals surface area (Å²) in [6, 6.07) is 7.96. The van der Waals surface area contributed by atoms with Crippen LogP contribution in [0.15, 0.2) is 35.5 Å². The quantitative estimate of drug-likeness (QED) is 0.570. The highest BCUT2D eigenvalue weighted by atomic mass is 16.1. The van der Waals surface area contributed by atoms with Crippen LogP contribution in [0, 0.1) is 5.92 Å². The molecule has 0 saturated heterocycles. The van der Waals surface area contributed by atoms with Gasteiger partial charge >= 0.3 is 0 Å². The van der Waals surface area contributed by atoms with Crippen LogP contribution in [0.3, 0.4) is 0 Å². The van der Waals surface area contributed by atoms with Crippen molar-refractivity contribution in [3.8, 4) is 0 Å². The van der Waals surface area contributed by atoms with Crippen LogP contribution < -0.4 is 0 Å². The van der Waals surface area contributed by atoms with Gasteiger partial charge in [-0.2, -0.15) is 4.99 Å². The first-order valence-electron chi connectivity index (χ1n) is 5.38. The summed E-state index contributed by atoms with van der Waals surface area (Å²) in [5.41, 5.74) is 1.82. The molecule has 2 aromatic rings. The molecule has 0 aliphatic carbocycles. The molecule has 0 atom stereocenters. The topological polar surface area (TPSA) is 34.4 Å². The van der Waals surface area contributed by atoms with E-state index in [4.69, 9.17) is 0 Å². The maximum Gasteiger partial charge on any atom is 0.240 e. The molecule has 0 spiro atoms. The smallest absolute Gasteiger partial charge is 0.240 e. The zero-order chi connectivity index (χ0) is 11.5. The third kappa shape index (κ3) is 1.90. The number of isocyanates is 1. The lowest BCUT2D eigenvalue weighted by molar-refractivity contribution is 0.535. The minimum Gasteiger partial charge on any atom is -0.345 e. The van der Waals surface area contributed by atoms with E-state index in [1.54, 1.807) is 6.08 Å². The van der Waals surface area contributed by atoms with E-state index in [1.807, 2.05) is 30.5 Å². The Labute approximate surface area is 94.4 Å². The molecule has 0 fully saturated rings. The SMILES string of the molecule is CC(C)Cn1cc(N=C=O)c2ccccc21. The van der Waals surface area contributed by atoms with Crippen molar-refractivity contribution in [3.05, 3.63) is 30.5 Å². The molecule has 1 aromatic heterocycles. The summed E-state index contributed by atoms with van der Waals surface area (Å²) in [6.07, 6.45) is 3.52. The van der Waals surface area contributed by atoms with Crippen LogP contribution in [0.1, 0.15) is 13.8 Å². The first-order chi connectivity index (χ1) is 7.72. The van der Waals surface area contributed by atoms with E-state index in [0.29, 0.717) is 11.6 Å². The highest BCUT2D eigenvalue weighted by Gasteiger charge is 2.07. The summed E-state index contributed by atoms with van der Waals surface area (Å²) >= 11 is 0. The Morgan fingerprint density at radius 1 is 1.38 bits per heavy atom. The Hall–Kier alpha value is -1.86. The lowest BCUT2D eigenvalue weighted by Gasteiger charge is -2.07. The number of fused-ring (bicyclic) bond motifs is 1. The molecule has 16 heavy (non-hydrogen) atoms. The molecule has 3 heteroatoms. The average Bonchev–Trinajstić information content (AvgIpc) is 2.58. The van der Waals surface area contributed by atoms with Gasteiger partial charge in [0, 0.05) is 18.1 Å². The zero-order valence-corrected chi connectivity index (χ0v) is 9.47. The molecule has 2 rings (SSSR count). The highest BCUT2D eigenvalue weighted by molar-refractivity contribution is 5.92. The summed E-state index contributed by atoms with van der Waals surface area (Å²) in [4.78, 5) is 14.1. The van der Waals surface area contributed by atoms with Crippen LogP contribution in [0.25, 0.3) is 10.9 Å². The molecule has 0 aliphatic rings. The van der Waals surface area contributed by atoms with Gasteiger partial charge in [0.05, 0.1) is 5.52 Å². The number of para-hydroxylation sites is 1. The molecule has 0 aliphatic heterocycles. The summed E-state index contributed by atoms with van der Waals surface area (Å²) < 4.78 is 2.14. The second-order valence-corrected chi connectivity index (χ2v) is 4.28.